The van der Waals surface area contributed by atoms with Crippen molar-refractivity contribution in [2.75, 3.05) is 0 Å². The molecule has 0 unspecified atom stereocenters. The third-order valence-electron chi connectivity index (χ3n) is 1.51. The van der Waals surface area contributed by atoms with Gasteiger partial charge in [0.25, 0.3) is 0 Å². The Hall–Kier alpha value is -0.520. The molecule has 0 bridgehead atoms. The minimum absolute atomic E-state index is 1.11. The van der Waals surface area contributed by atoms with E-state index in [2.05, 4.69) is 39.8 Å². The zero-order valence-electron chi connectivity index (χ0n) is 6.86. The molecule has 9 heavy (non-hydrogen) atoms. The zero-order valence-corrected chi connectivity index (χ0v) is 6.86. The van der Waals surface area contributed by atoms with Crippen LogP contribution in [0.5, 0.6) is 0 Å². The van der Waals surface area contributed by atoms with Crippen molar-refractivity contribution in [2.24, 2.45) is 0 Å². The highest BCUT2D eigenvalue weighted by Crippen LogP contribution is 2.06. The first-order chi connectivity index (χ1) is 4.18. The average Bonchev–Trinajstić information content (AvgIpc) is 1.82. The molecule has 0 aromatic rings. The highest BCUT2D eigenvalue weighted by atomic mass is 13.9. The topological polar surface area (TPSA) is 0 Å². The number of rotatable bonds is 2. The van der Waals surface area contributed by atoms with Crippen molar-refractivity contribution in [3.05, 3.63) is 23.3 Å². The lowest BCUT2D eigenvalue weighted by molar-refractivity contribution is 1.13. The second-order valence-electron chi connectivity index (χ2n) is 2.55. The van der Waals surface area contributed by atoms with Gasteiger partial charge in [0.05, 0.1) is 0 Å². The summed E-state index contributed by atoms with van der Waals surface area (Å²) in [5.74, 6) is 0. The van der Waals surface area contributed by atoms with Gasteiger partial charge in [0.1, 0.15) is 0 Å². The second kappa shape index (κ2) is 4.37. The first-order valence-electron chi connectivity index (χ1n) is 3.42. The van der Waals surface area contributed by atoms with Crippen LogP contribution in [0, 0.1) is 0 Å². The lowest BCUT2D eigenvalue weighted by atomic mass is 10.1. The second-order valence-corrected chi connectivity index (χ2v) is 2.55. The van der Waals surface area contributed by atoms with Crippen molar-refractivity contribution in [1.82, 2.24) is 0 Å². The lowest BCUT2D eigenvalue weighted by Gasteiger charge is -1.96. The van der Waals surface area contributed by atoms with Crippen LogP contribution in [0.2, 0.25) is 0 Å². The SMILES string of the molecule is C/C=C/CC(C)=C(C)C. The predicted molar refractivity (Wildman–Crippen MR) is 43.5 cm³/mol. The molecule has 0 heterocycles. The smallest absolute Gasteiger partial charge is 0.0139 e. The maximum absolute atomic E-state index is 2.18. The molecule has 0 heteroatoms. The molecule has 0 saturated heterocycles. The molecule has 0 aliphatic rings. The van der Waals surface area contributed by atoms with Gasteiger partial charge in [-0.3, -0.25) is 0 Å². The largest absolute Gasteiger partial charge is 0.0913 e. The molecule has 0 aliphatic carbocycles. The van der Waals surface area contributed by atoms with E-state index in [4.69, 9.17) is 0 Å². The van der Waals surface area contributed by atoms with Gasteiger partial charge in [0, 0.05) is 0 Å². The number of hydrogen-bond acceptors (Lipinski definition) is 0. The van der Waals surface area contributed by atoms with E-state index in [-0.39, 0.29) is 0 Å². The Morgan fingerprint density at radius 1 is 1.22 bits per heavy atom. The van der Waals surface area contributed by atoms with Crippen LogP contribution >= 0.6 is 0 Å². The van der Waals surface area contributed by atoms with Gasteiger partial charge < -0.3 is 0 Å². The number of hydrogen-bond donors (Lipinski definition) is 0. The van der Waals surface area contributed by atoms with Gasteiger partial charge in [-0.15, -0.1) is 0 Å². The summed E-state index contributed by atoms with van der Waals surface area (Å²) in [6, 6.07) is 0. The summed E-state index contributed by atoms with van der Waals surface area (Å²) in [6.07, 6.45) is 5.38. The van der Waals surface area contributed by atoms with E-state index < -0.39 is 0 Å². The highest BCUT2D eigenvalue weighted by Gasteiger charge is 1.85. The van der Waals surface area contributed by atoms with E-state index in [9.17, 15) is 0 Å². The molecule has 0 N–H and O–H groups in total. The van der Waals surface area contributed by atoms with Crippen LogP contribution in [0.4, 0.5) is 0 Å². The Labute approximate surface area is 58.3 Å². The fraction of sp³-hybridized carbons (Fsp3) is 0.556. The van der Waals surface area contributed by atoms with E-state index in [1.165, 1.54) is 11.1 Å². The fourth-order valence-corrected chi connectivity index (χ4v) is 0.499. The Kier molecular flexibility index (Phi) is 4.12. The van der Waals surface area contributed by atoms with Crippen LogP contribution in [-0.2, 0) is 0 Å². The standard InChI is InChI=1S/C9H16/c1-5-6-7-9(4)8(2)3/h5-6H,7H2,1-4H3/b6-5+. The van der Waals surface area contributed by atoms with Crippen molar-refractivity contribution in [1.29, 1.82) is 0 Å². The summed E-state index contributed by atoms with van der Waals surface area (Å²) in [7, 11) is 0. The van der Waals surface area contributed by atoms with Gasteiger partial charge in [-0.1, -0.05) is 23.3 Å². The van der Waals surface area contributed by atoms with Crippen LogP contribution in [0.1, 0.15) is 34.1 Å². The first-order valence-corrected chi connectivity index (χ1v) is 3.42. The molecule has 0 amide bonds. The normalized spacial score (nSPS) is 10.2. The van der Waals surface area contributed by atoms with E-state index in [0.29, 0.717) is 0 Å². The summed E-state index contributed by atoms with van der Waals surface area (Å²) >= 11 is 0. The Morgan fingerprint density at radius 3 is 2.11 bits per heavy atom. The van der Waals surface area contributed by atoms with Gasteiger partial charge in [-0.25, -0.2) is 0 Å². The Balaban J connectivity index is 3.77. The molecule has 0 aliphatic heterocycles. The molecule has 0 fully saturated rings. The average molecular weight is 124 g/mol. The third-order valence-corrected chi connectivity index (χ3v) is 1.51. The maximum atomic E-state index is 2.18. The van der Waals surface area contributed by atoms with Crippen molar-refractivity contribution in [2.45, 2.75) is 34.1 Å². The summed E-state index contributed by atoms with van der Waals surface area (Å²) in [6.45, 7) is 8.53. The fourth-order valence-electron chi connectivity index (χ4n) is 0.499. The van der Waals surface area contributed by atoms with Crippen LogP contribution in [0.3, 0.4) is 0 Å². The molecule has 0 spiro atoms. The van der Waals surface area contributed by atoms with E-state index >= 15 is 0 Å². The third kappa shape index (κ3) is 4.01. The molecular formula is C9H16. The van der Waals surface area contributed by atoms with Crippen molar-refractivity contribution in [3.8, 4) is 0 Å². The van der Waals surface area contributed by atoms with E-state index in [0.717, 1.165) is 6.42 Å². The van der Waals surface area contributed by atoms with Gasteiger partial charge in [0.2, 0.25) is 0 Å². The molecule has 0 rings (SSSR count). The minimum atomic E-state index is 1.11. The molecule has 52 valence electrons. The summed E-state index contributed by atoms with van der Waals surface area (Å²) in [5, 5.41) is 0. The van der Waals surface area contributed by atoms with Gasteiger partial charge in [0.15, 0.2) is 0 Å². The van der Waals surface area contributed by atoms with E-state index in [1.54, 1.807) is 0 Å². The summed E-state index contributed by atoms with van der Waals surface area (Å²) in [4.78, 5) is 0. The maximum Gasteiger partial charge on any atom is -0.0139 e. The van der Waals surface area contributed by atoms with Crippen LogP contribution in [0.15, 0.2) is 23.3 Å². The molecule has 0 aromatic heterocycles. The lowest BCUT2D eigenvalue weighted by Crippen LogP contribution is -1.75. The molecular weight excluding hydrogens is 108 g/mol. The molecule has 0 nitrogen and oxygen atoms in total. The van der Waals surface area contributed by atoms with E-state index in [1.807, 2.05) is 0 Å². The van der Waals surface area contributed by atoms with Crippen molar-refractivity contribution >= 4 is 0 Å². The summed E-state index contributed by atoms with van der Waals surface area (Å²) in [5.41, 5.74) is 2.92. The Morgan fingerprint density at radius 2 is 1.78 bits per heavy atom. The minimum Gasteiger partial charge on any atom is -0.0913 e. The highest BCUT2D eigenvalue weighted by molar-refractivity contribution is 5.10. The first kappa shape index (κ1) is 8.48. The Bertz CT molecular complexity index is 123. The van der Waals surface area contributed by atoms with Crippen LogP contribution in [0.25, 0.3) is 0 Å². The van der Waals surface area contributed by atoms with Crippen LogP contribution in [-0.4, -0.2) is 0 Å². The summed E-state index contributed by atoms with van der Waals surface area (Å²) < 4.78 is 0. The number of allylic oxidation sites excluding steroid dienone is 4. The predicted octanol–water partition coefficient (Wildman–Crippen LogP) is 3.31. The van der Waals surface area contributed by atoms with Crippen molar-refractivity contribution < 1.29 is 0 Å². The molecule has 0 aromatic carbocycles. The van der Waals surface area contributed by atoms with Crippen molar-refractivity contribution in [3.63, 3.8) is 0 Å². The monoisotopic (exact) mass is 124 g/mol. The zero-order chi connectivity index (χ0) is 7.28. The quantitative estimate of drug-likeness (QED) is 0.495. The molecule has 0 atom stereocenters. The van der Waals surface area contributed by atoms with Gasteiger partial charge in [-0.05, 0) is 34.1 Å². The molecule has 0 saturated carbocycles. The van der Waals surface area contributed by atoms with Crippen LogP contribution < -0.4 is 0 Å². The van der Waals surface area contributed by atoms with Gasteiger partial charge in [-0.2, -0.15) is 0 Å². The molecule has 0 radical (unpaired) electrons. The van der Waals surface area contributed by atoms with Gasteiger partial charge >= 0.3 is 0 Å².